The van der Waals surface area contributed by atoms with E-state index in [0.717, 1.165) is 0 Å². The number of anilines is 1. The molecule has 0 saturated carbocycles. The molecule has 0 aliphatic carbocycles. The second kappa shape index (κ2) is 6.71. The van der Waals surface area contributed by atoms with E-state index in [4.69, 9.17) is 4.74 Å². The summed E-state index contributed by atoms with van der Waals surface area (Å²) in [6.07, 6.45) is 1.04. The molecule has 1 atom stereocenters. The smallest absolute Gasteiger partial charge is 0.224 e. The van der Waals surface area contributed by atoms with Crippen molar-refractivity contribution in [2.24, 2.45) is 0 Å². The van der Waals surface area contributed by atoms with Crippen molar-refractivity contribution in [3.8, 4) is 0 Å². The number of carbonyl (C=O) groups excluding carboxylic acids is 1. The van der Waals surface area contributed by atoms with Gasteiger partial charge in [0.25, 0.3) is 0 Å². The third kappa shape index (κ3) is 4.83. The quantitative estimate of drug-likeness (QED) is 0.906. The Morgan fingerprint density at radius 2 is 2.29 bits per heavy atom. The van der Waals surface area contributed by atoms with E-state index in [9.17, 15) is 9.18 Å². The molecule has 1 amide bonds. The average molecular weight is 304 g/mol. The van der Waals surface area contributed by atoms with Crippen molar-refractivity contribution in [3.05, 3.63) is 28.5 Å². The molecule has 5 heteroatoms. The maximum absolute atomic E-state index is 13.2. The molecular formula is C12H15BrFNO2. The predicted molar refractivity (Wildman–Crippen MR) is 68.4 cm³/mol. The molecule has 1 aromatic carbocycles. The highest BCUT2D eigenvalue weighted by molar-refractivity contribution is 9.10. The first-order chi connectivity index (χ1) is 8.02. The minimum Gasteiger partial charge on any atom is -0.382 e. The van der Waals surface area contributed by atoms with Gasteiger partial charge in [-0.2, -0.15) is 0 Å². The number of ether oxygens (including phenoxy) is 1. The molecule has 0 aromatic heterocycles. The molecule has 0 bridgehead atoms. The van der Waals surface area contributed by atoms with Crippen molar-refractivity contribution in [2.45, 2.75) is 25.9 Å². The second-order valence-electron chi connectivity index (χ2n) is 3.76. The Morgan fingerprint density at radius 1 is 1.59 bits per heavy atom. The van der Waals surface area contributed by atoms with Crippen molar-refractivity contribution >= 4 is 27.5 Å². The van der Waals surface area contributed by atoms with E-state index in [-0.39, 0.29) is 12.0 Å². The fourth-order valence-corrected chi connectivity index (χ4v) is 1.50. The Balaban J connectivity index is 2.48. The van der Waals surface area contributed by atoms with Crippen molar-refractivity contribution in [2.75, 3.05) is 12.4 Å². The van der Waals surface area contributed by atoms with Gasteiger partial charge in [-0.1, -0.05) is 0 Å². The molecule has 1 unspecified atom stereocenters. The Hall–Kier alpha value is -0.940. The molecule has 1 rings (SSSR count). The number of hydrogen-bond acceptors (Lipinski definition) is 2. The Kier molecular flexibility index (Phi) is 5.58. The van der Waals surface area contributed by atoms with Gasteiger partial charge in [-0.05, 0) is 47.5 Å². The Labute approximate surface area is 108 Å². The molecule has 3 nitrogen and oxygen atoms in total. The topological polar surface area (TPSA) is 38.3 Å². The van der Waals surface area contributed by atoms with Gasteiger partial charge in [-0.15, -0.1) is 0 Å². The van der Waals surface area contributed by atoms with Crippen LogP contribution in [0.5, 0.6) is 0 Å². The monoisotopic (exact) mass is 303 g/mol. The van der Waals surface area contributed by atoms with E-state index < -0.39 is 5.82 Å². The van der Waals surface area contributed by atoms with Gasteiger partial charge in [0.1, 0.15) is 5.82 Å². The average Bonchev–Trinajstić information content (AvgIpc) is 2.31. The fourth-order valence-electron chi connectivity index (χ4n) is 1.25. The third-order valence-corrected chi connectivity index (χ3v) is 3.03. The fraction of sp³-hybridized carbons (Fsp3) is 0.417. The maximum atomic E-state index is 13.2. The summed E-state index contributed by atoms with van der Waals surface area (Å²) in [7, 11) is 1.60. The summed E-state index contributed by atoms with van der Waals surface area (Å²) in [6, 6.07) is 4.48. The number of nitrogens with one attached hydrogen (secondary N) is 1. The van der Waals surface area contributed by atoms with Gasteiger partial charge < -0.3 is 10.1 Å². The van der Waals surface area contributed by atoms with Gasteiger partial charge in [0.15, 0.2) is 0 Å². The summed E-state index contributed by atoms with van der Waals surface area (Å²) >= 11 is 3.05. The normalized spacial score (nSPS) is 12.2. The molecule has 1 N–H and O–H groups in total. The van der Waals surface area contributed by atoms with E-state index in [0.29, 0.717) is 23.0 Å². The lowest BCUT2D eigenvalue weighted by atomic mass is 10.2. The lowest BCUT2D eigenvalue weighted by molar-refractivity contribution is -0.116. The summed E-state index contributed by atoms with van der Waals surface area (Å²) in [5.74, 6) is -0.538. The minimum atomic E-state index is -0.395. The van der Waals surface area contributed by atoms with E-state index >= 15 is 0 Å². The number of amides is 1. The molecule has 0 aliphatic heterocycles. The molecule has 0 fully saturated rings. The van der Waals surface area contributed by atoms with Crippen LogP contribution in [0.15, 0.2) is 22.7 Å². The molecule has 0 spiro atoms. The van der Waals surface area contributed by atoms with E-state index in [1.54, 1.807) is 19.2 Å². The number of halogens is 2. The van der Waals surface area contributed by atoms with Crippen LogP contribution in [0.2, 0.25) is 0 Å². The number of carbonyl (C=O) groups is 1. The van der Waals surface area contributed by atoms with Crippen LogP contribution < -0.4 is 5.32 Å². The first kappa shape index (κ1) is 14.1. The van der Waals surface area contributed by atoms with Gasteiger partial charge >= 0.3 is 0 Å². The minimum absolute atomic E-state index is 0.0439. The van der Waals surface area contributed by atoms with Gasteiger partial charge in [-0.3, -0.25) is 4.79 Å². The molecule has 1 aromatic rings. The summed E-state index contributed by atoms with van der Waals surface area (Å²) in [4.78, 5) is 11.5. The summed E-state index contributed by atoms with van der Waals surface area (Å²) in [6.45, 7) is 1.90. The highest BCUT2D eigenvalue weighted by Crippen LogP contribution is 2.19. The summed E-state index contributed by atoms with van der Waals surface area (Å²) in [5.41, 5.74) is 0.459. The van der Waals surface area contributed by atoms with Crippen LogP contribution in [-0.4, -0.2) is 19.1 Å². The van der Waals surface area contributed by atoms with Gasteiger partial charge in [0.2, 0.25) is 5.91 Å². The van der Waals surface area contributed by atoms with Crippen molar-refractivity contribution in [1.82, 2.24) is 0 Å². The third-order valence-electron chi connectivity index (χ3n) is 2.38. The van der Waals surface area contributed by atoms with E-state index in [2.05, 4.69) is 21.2 Å². The zero-order chi connectivity index (χ0) is 12.8. The van der Waals surface area contributed by atoms with E-state index in [1.807, 2.05) is 6.92 Å². The van der Waals surface area contributed by atoms with Crippen LogP contribution in [0.25, 0.3) is 0 Å². The first-order valence-electron chi connectivity index (χ1n) is 5.30. The summed E-state index contributed by atoms with van der Waals surface area (Å²) in [5, 5.41) is 2.63. The largest absolute Gasteiger partial charge is 0.382 e. The molecule has 0 saturated heterocycles. The van der Waals surface area contributed by atoms with E-state index in [1.165, 1.54) is 6.07 Å². The lowest BCUT2D eigenvalue weighted by Gasteiger charge is -2.09. The lowest BCUT2D eigenvalue weighted by Crippen LogP contribution is -2.15. The Bertz CT molecular complexity index is 398. The number of benzene rings is 1. The second-order valence-corrected chi connectivity index (χ2v) is 4.62. The highest BCUT2D eigenvalue weighted by atomic mass is 79.9. The molecular weight excluding hydrogens is 289 g/mol. The van der Waals surface area contributed by atoms with Crippen LogP contribution in [0.1, 0.15) is 19.8 Å². The zero-order valence-electron chi connectivity index (χ0n) is 9.80. The van der Waals surface area contributed by atoms with Gasteiger partial charge in [0, 0.05) is 19.2 Å². The summed E-state index contributed by atoms with van der Waals surface area (Å²) < 4.78 is 18.6. The van der Waals surface area contributed by atoms with Crippen molar-refractivity contribution in [3.63, 3.8) is 0 Å². The first-order valence-corrected chi connectivity index (χ1v) is 6.10. The number of hydrogen-bond donors (Lipinski definition) is 1. The molecule has 0 heterocycles. The van der Waals surface area contributed by atoms with Gasteiger partial charge in [-0.25, -0.2) is 4.39 Å². The van der Waals surface area contributed by atoms with Crippen LogP contribution in [0, 0.1) is 5.82 Å². The maximum Gasteiger partial charge on any atom is 0.224 e. The van der Waals surface area contributed by atoms with Crippen LogP contribution in [0.3, 0.4) is 0 Å². The molecule has 0 aliphatic rings. The van der Waals surface area contributed by atoms with Crippen molar-refractivity contribution in [1.29, 1.82) is 0 Å². The predicted octanol–water partition coefficient (Wildman–Crippen LogP) is 3.34. The zero-order valence-corrected chi connectivity index (χ0v) is 11.4. The highest BCUT2D eigenvalue weighted by Gasteiger charge is 2.07. The number of rotatable bonds is 5. The van der Waals surface area contributed by atoms with Crippen molar-refractivity contribution < 1.29 is 13.9 Å². The standard InChI is InChI=1S/C12H15BrFNO2/c1-8(17-2)3-6-12(16)15-9-4-5-10(13)11(14)7-9/h4-5,7-8H,3,6H2,1-2H3,(H,15,16). The molecule has 0 radical (unpaired) electrons. The SMILES string of the molecule is COC(C)CCC(=O)Nc1ccc(Br)c(F)c1. The van der Waals surface area contributed by atoms with Crippen LogP contribution in [-0.2, 0) is 9.53 Å². The van der Waals surface area contributed by atoms with Crippen LogP contribution >= 0.6 is 15.9 Å². The number of methoxy groups -OCH3 is 1. The molecule has 94 valence electrons. The molecule has 17 heavy (non-hydrogen) atoms. The Morgan fingerprint density at radius 3 is 2.88 bits per heavy atom. The van der Waals surface area contributed by atoms with Crippen LogP contribution in [0.4, 0.5) is 10.1 Å². The van der Waals surface area contributed by atoms with Gasteiger partial charge in [0.05, 0.1) is 10.6 Å².